The first-order chi connectivity index (χ1) is 19.1. The number of amides is 3. The summed E-state index contributed by atoms with van der Waals surface area (Å²) in [4.78, 5) is 49.9. The lowest BCUT2D eigenvalue weighted by molar-refractivity contribution is -0.141. The van der Waals surface area contributed by atoms with Crippen LogP contribution in [0.15, 0.2) is 60.7 Å². The summed E-state index contributed by atoms with van der Waals surface area (Å²) in [6.07, 6.45) is 1.12. The van der Waals surface area contributed by atoms with E-state index in [2.05, 4.69) is 16.0 Å². The van der Waals surface area contributed by atoms with Crippen molar-refractivity contribution in [2.24, 2.45) is 5.92 Å². The second kappa shape index (κ2) is 12.8. The van der Waals surface area contributed by atoms with E-state index in [1.54, 1.807) is 12.1 Å². The molecule has 1 aliphatic carbocycles. The van der Waals surface area contributed by atoms with Crippen LogP contribution in [0.25, 0.3) is 0 Å². The number of aryl methyl sites for hydroxylation is 1. The standard InChI is InChI=1S/C29H27Cl2N3O6/c30-22-11-18(27(37)32-14-16-4-3-6-20(35)10-16)12-23(31)26(22)25(36)13-19(28(38)39)15-33-29(40)34-24-9-8-17-5-1-2-7-21(17)24/h1-7,10-12,19,24,35H,8-9,13-15H2,(H,32,37)(H,38,39)(H2,33,34,40)/t19-,24+/m0/s1. The van der Waals surface area contributed by atoms with Gasteiger partial charge in [0.25, 0.3) is 5.91 Å². The van der Waals surface area contributed by atoms with Crippen LogP contribution in [-0.4, -0.2) is 40.4 Å². The van der Waals surface area contributed by atoms with E-state index in [-0.39, 0.29) is 46.1 Å². The zero-order valence-corrected chi connectivity index (χ0v) is 22.8. The molecular formula is C29H27Cl2N3O6. The average Bonchev–Trinajstić information content (AvgIpc) is 3.31. The molecule has 3 aromatic carbocycles. The van der Waals surface area contributed by atoms with E-state index in [0.717, 1.165) is 24.0 Å². The Hall–Kier alpha value is -4.08. The third-order valence-corrected chi connectivity index (χ3v) is 7.27. The Balaban J connectivity index is 1.35. The molecular weight excluding hydrogens is 557 g/mol. The second-order valence-corrected chi connectivity index (χ2v) is 10.3. The number of fused-ring (bicyclic) bond motifs is 1. The lowest BCUT2D eigenvalue weighted by Gasteiger charge is -2.17. The summed E-state index contributed by atoms with van der Waals surface area (Å²) in [5.41, 5.74) is 2.87. The minimum absolute atomic E-state index is 0.0655. The maximum Gasteiger partial charge on any atom is 0.315 e. The van der Waals surface area contributed by atoms with Crippen molar-refractivity contribution in [3.63, 3.8) is 0 Å². The highest BCUT2D eigenvalue weighted by atomic mass is 35.5. The van der Waals surface area contributed by atoms with Crippen molar-refractivity contribution in [3.8, 4) is 5.75 Å². The van der Waals surface area contributed by atoms with Crippen LogP contribution in [0.3, 0.4) is 0 Å². The fourth-order valence-corrected chi connectivity index (χ4v) is 5.32. The van der Waals surface area contributed by atoms with Gasteiger partial charge in [0.2, 0.25) is 0 Å². The van der Waals surface area contributed by atoms with Crippen molar-refractivity contribution in [1.82, 2.24) is 16.0 Å². The zero-order chi connectivity index (χ0) is 28.8. The highest BCUT2D eigenvalue weighted by molar-refractivity contribution is 6.40. The number of phenols is 1. The number of benzene rings is 3. The fraction of sp³-hybridized carbons (Fsp3) is 0.241. The summed E-state index contributed by atoms with van der Waals surface area (Å²) >= 11 is 12.6. The Bertz CT molecular complexity index is 1440. The van der Waals surface area contributed by atoms with Gasteiger partial charge < -0.3 is 26.2 Å². The molecule has 3 amide bonds. The Kier molecular flexibility index (Phi) is 9.29. The monoisotopic (exact) mass is 583 g/mol. The van der Waals surface area contributed by atoms with Crippen LogP contribution < -0.4 is 16.0 Å². The smallest absolute Gasteiger partial charge is 0.315 e. The molecule has 2 atom stereocenters. The molecule has 0 saturated heterocycles. The lowest BCUT2D eigenvalue weighted by Crippen LogP contribution is -2.41. The second-order valence-electron chi connectivity index (χ2n) is 9.47. The number of aromatic hydroxyl groups is 1. The van der Waals surface area contributed by atoms with Gasteiger partial charge in [-0.1, -0.05) is 59.6 Å². The van der Waals surface area contributed by atoms with Crippen LogP contribution in [0.5, 0.6) is 5.75 Å². The van der Waals surface area contributed by atoms with Crippen LogP contribution >= 0.6 is 23.2 Å². The van der Waals surface area contributed by atoms with Gasteiger partial charge in [0.1, 0.15) is 5.75 Å². The summed E-state index contributed by atoms with van der Waals surface area (Å²) in [6.45, 7) is -0.149. The molecule has 5 N–H and O–H groups in total. The van der Waals surface area contributed by atoms with E-state index in [0.29, 0.717) is 5.56 Å². The lowest BCUT2D eigenvalue weighted by atomic mass is 9.97. The van der Waals surface area contributed by atoms with Crippen LogP contribution in [-0.2, 0) is 17.8 Å². The molecule has 0 spiro atoms. The molecule has 0 bridgehead atoms. The molecule has 0 unspecified atom stereocenters. The number of rotatable bonds is 10. The van der Waals surface area contributed by atoms with Gasteiger partial charge >= 0.3 is 12.0 Å². The number of carboxylic acid groups (broad SMARTS) is 1. The molecule has 11 heteroatoms. The van der Waals surface area contributed by atoms with E-state index in [1.165, 1.54) is 24.3 Å². The van der Waals surface area contributed by atoms with E-state index >= 15 is 0 Å². The molecule has 40 heavy (non-hydrogen) atoms. The van der Waals surface area contributed by atoms with Crippen LogP contribution in [0, 0.1) is 5.92 Å². The summed E-state index contributed by atoms with van der Waals surface area (Å²) in [6, 6.07) is 16.0. The number of nitrogens with one attached hydrogen (secondary N) is 3. The van der Waals surface area contributed by atoms with Crippen molar-refractivity contribution in [2.75, 3.05) is 6.54 Å². The summed E-state index contributed by atoms with van der Waals surface area (Å²) in [5, 5.41) is 27.1. The van der Waals surface area contributed by atoms with Gasteiger partial charge in [-0.25, -0.2) is 4.79 Å². The molecule has 0 fully saturated rings. The first kappa shape index (κ1) is 28.9. The van der Waals surface area contributed by atoms with Crippen molar-refractivity contribution < 1.29 is 29.4 Å². The Morgan fingerprint density at radius 2 is 1.68 bits per heavy atom. The molecule has 0 aliphatic heterocycles. The maximum absolute atomic E-state index is 13.0. The summed E-state index contributed by atoms with van der Waals surface area (Å²) < 4.78 is 0. The highest BCUT2D eigenvalue weighted by Gasteiger charge is 2.28. The molecule has 208 valence electrons. The first-order valence-corrected chi connectivity index (χ1v) is 13.3. The minimum Gasteiger partial charge on any atom is -0.508 e. The number of phenolic OH excluding ortho intramolecular Hbond substituents is 1. The highest BCUT2D eigenvalue weighted by Crippen LogP contribution is 2.31. The van der Waals surface area contributed by atoms with Crippen LogP contribution in [0.1, 0.15) is 56.3 Å². The van der Waals surface area contributed by atoms with Gasteiger partial charge in [-0.2, -0.15) is 0 Å². The number of carboxylic acids is 1. The van der Waals surface area contributed by atoms with Crippen LogP contribution in [0.2, 0.25) is 10.0 Å². The molecule has 3 aromatic rings. The normalized spacial score (nSPS) is 14.6. The number of halogens is 2. The van der Waals surface area contributed by atoms with E-state index in [9.17, 15) is 29.4 Å². The fourth-order valence-electron chi connectivity index (χ4n) is 4.63. The quantitative estimate of drug-likeness (QED) is 0.215. The van der Waals surface area contributed by atoms with Crippen molar-refractivity contribution in [1.29, 1.82) is 0 Å². The Morgan fingerprint density at radius 3 is 2.38 bits per heavy atom. The van der Waals surface area contributed by atoms with Gasteiger partial charge in [-0.3, -0.25) is 14.4 Å². The summed E-state index contributed by atoms with van der Waals surface area (Å²) in [7, 11) is 0. The average molecular weight is 584 g/mol. The van der Waals surface area contributed by atoms with Gasteiger partial charge in [0.15, 0.2) is 5.78 Å². The minimum atomic E-state index is -1.27. The molecule has 0 radical (unpaired) electrons. The molecule has 0 heterocycles. The van der Waals surface area contributed by atoms with Crippen molar-refractivity contribution in [3.05, 3.63) is 98.5 Å². The molecule has 9 nitrogen and oxygen atoms in total. The van der Waals surface area contributed by atoms with E-state index in [1.807, 2.05) is 24.3 Å². The maximum atomic E-state index is 13.0. The van der Waals surface area contributed by atoms with Crippen molar-refractivity contribution >= 4 is 46.9 Å². The third-order valence-electron chi connectivity index (χ3n) is 6.68. The van der Waals surface area contributed by atoms with Gasteiger partial charge in [-0.05, 0) is 53.8 Å². The van der Waals surface area contributed by atoms with Crippen molar-refractivity contribution in [2.45, 2.75) is 31.8 Å². The first-order valence-electron chi connectivity index (χ1n) is 12.6. The van der Waals surface area contributed by atoms with E-state index in [4.69, 9.17) is 23.2 Å². The zero-order valence-electron chi connectivity index (χ0n) is 21.2. The third kappa shape index (κ3) is 7.11. The number of ketones is 1. The van der Waals surface area contributed by atoms with Gasteiger partial charge in [0.05, 0.1) is 27.6 Å². The number of carbonyl (C=O) groups is 4. The summed E-state index contributed by atoms with van der Waals surface area (Å²) in [5.74, 6) is -3.58. The molecule has 1 aliphatic rings. The number of aliphatic carboxylic acids is 1. The Labute approximate surface area is 240 Å². The van der Waals surface area contributed by atoms with Gasteiger partial charge in [0, 0.05) is 25.1 Å². The predicted octanol–water partition coefficient (Wildman–Crippen LogP) is 4.89. The number of hydrogen-bond acceptors (Lipinski definition) is 5. The van der Waals surface area contributed by atoms with Gasteiger partial charge in [-0.15, -0.1) is 0 Å². The largest absolute Gasteiger partial charge is 0.508 e. The SMILES string of the molecule is O=C(NC[C@H](CC(=O)c1c(Cl)cc(C(=O)NCc2cccc(O)c2)cc1Cl)C(=O)O)N[C@@H]1CCc2ccccc21. The topological polar surface area (TPSA) is 145 Å². The number of urea groups is 1. The Morgan fingerprint density at radius 1 is 0.950 bits per heavy atom. The molecule has 4 rings (SSSR count). The molecule has 0 saturated carbocycles. The molecule has 0 aromatic heterocycles. The number of carbonyl (C=O) groups excluding carboxylic acids is 3. The number of Topliss-reactive ketones (excluding diaryl/α,β-unsaturated/α-hetero) is 1. The number of hydrogen-bond donors (Lipinski definition) is 5. The van der Waals surface area contributed by atoms with E-state index < -0.39 is 36.0 Å². The van der Waals surface area contributed by atoms with Crippen LogP contribution in [0.4, 0.5) is 4.79 Å². The predicted molar refractivity (Wildman–Crippen MR) is 150 cm³/mol.